The quantitative estimate of drug-likeness (QED) is 0.775. The minimum absolute atomic E-state index is 0.289. The highest BCUT2D eigenvalue weighted by atomic mass is 15.2. The minimum Gasteiger partial charge on any atom is -0.309 e. The van der Waals surface area contributed by atoms with Crippen LogP contribution in [0.4, 0.5) is 0 Å². The van der Waals surface area contributed by atoms with E-state index in [4.69, 9.17) is 0 Å². The summed E-state index contributed by atoms with van der Waals surface area (Å²) in [5, 5.41) is 3.67. The van der Waals surface area contributed by atoms with E-state index in [0.29, 0.717) is 0 Å². The third kappa shape index (κ3) is 4.06. The van der Waals surface area contributed by atoms with Crippen LogP contribution in [0.1, 0.15) is 53.9 Å². The number of rotatable bonds is 5. The van der Waals surface area contributed by atoms with Crippen LogP contribution in [0.5, 0.6) is 0 Å². The fraction of sp³-hybridized carbons (Fsp3) is 1.00. The van der Waals surface area contributed by atoms with Crippen LogP contribution < -0.4 is 5.32 Å². The smallest absolute Gasteiger partial charge is 0.0252 e. The summed E-state index contributed by atoms with van der Waals surface area (Å²) in [5.74, 6) is 0.827. The number of nitrogens with zero attached hydrogens (tertiary/aromatic N) is 1. The maximum Gasteiger partial charge on any atom is 0.0252 e. The maximum absolute atomic E-state index is 3.67. The van der Waals surface area contributed by atoms with Gasteiger partial charge in [0.25, 0.3) is 0 Å². The molecule has 0 aromatic heterocycles. The average Bonchev–Trinajstić information content (AvgIpc) is 2.21. The van der Waals surface area contributed by atoms with Crippen molar-refractivity contribution < 1.29 is 0 Å². The predicted molar refractivity (Wildman–Crippen MR) is 71.8 cm³/mol. The van der Waals surface area contributed by atoms with Gasteiger partial charge in [0, 0.05) is 31.2 Å². The van der Waals surface area contributed by atoms with Crippen molar-refractivity contribution in [2.24, 2.45) is 5.92 Å². The summed E-state index contributed by atoms with van der Waals surface area (Å²) in [6.45, 7) is 15.2. The molecular formula is C14H30N2. The highest BCUT2D eigenvalue weighted by Gasteiger charge is 2.32. The molecule has 1 fully saturated rings. The SMILES string of the molecule is CCCC1CNC(C)(C)CN1CC(C)CC. The van der Waals surface area contributed by atoms with Crippen LogP contribution in [0.25, 0.3) is 0 Å². The lowest BCUT2D eigenvalue weighted by Crippen LogP contribution is -2.62. The van der Waals surface area contributed by atoms with Gasteiger partial charge in [-0.3, -0.25) is 4.90 Å². The Kier molecular flexibility index (Phi) is 5.26. The summed E-state index contributed by atoms with van der Waals surface area (Å²) in [6, 6.07) is 0.757. The second-order valence-corrected chi connectivity index (χ2v) is 6.15. The summed E-state index contributed by atoms with van der Waals surface area (Å²) >= 11 is 0. The Labute approximate surface area is 102 Å². The Balaban J connectivity index is 2.57. The van der Waals surface area contributed by atoms with Crippen molar-refractivity contribution in [3.8, 4) is 0 Å². The van der Waals surface area contributed by atoms with E-state index in [2.05, 4.69) is 44.8 Å². The fourth-order valence-corrected chi connectivity index (χ4v) is 2.58. The zero-order valence-electron chi connectivity index (χ0n) is 11.8. The van der Waals surface area contributed by atoms with Crippen LogP contribution in [-0.2, 0) is 0 Å². The second-order valence-electron chi connectivity index (χ2n) is 6.15. The molecule has 2 nitrogen and oxygen atoms in total. The van der Waals surface area contributed by atoms with Gasteiger partial charge < -0.3 is 5.32 Å². The van der Waals surface area contributed by atoms with Gasteiger partial charge in [-0.1, -0.05) is 33.6 Å². The molecule has 96 valence electrons. The van der Waals surface area contributed by atoms with Crippen molar-refractivity contribution in [1.29, 1.82) is 0 Å². The van der Waals surface area contributed by atoms with Gasteiger partial charge in [-0.2, -0.15) is 0 Å². The molecular weight excluding hydrogens is 196 g/mol. The van der Waals surface area contributed by atoms with E-state index in [9.17, 15) is 0 Å². The Hall–Kier alpha value is -0.0800. The third-order valence-corrected chi connectivity index (χ3v) is 3.80. The minimum atomic E-state index is 0.289. The Bertz CT molecular complexity index is 201. The van der Waals surface area contributed by atoms with Gasteiger partial charge in [0.15, 0.2) is 0 Å². The molecule has 0 aromatic carbocycles. The summed E-state index contributed by atoms with van der Waals surface area (Å²) in [4.78, 5) is 2.72. The topological polar surface area (TPSA) is 15.3 Å². The molecule has 0 amide bonds. The predicted octanol–water partition coefficient (Wildman–Crippen LogP) is 2.89. The van der Waals surface area contributed by atoms with Crippen LogP contribution in [0.15, 0.2) is 0 Å². The van der Waals surface area contributed by atoms with E-state index in [1.807, 2.05) is 0 Å². The van der Waals surface area contributed by atoms with Gasteiger partial charge in [0.2, 0.25) is 0 Å². The summed E-state index contributed by atoms with van der Waals surface area (Å²) in [5.41, 5.74) is 0.289. The van der Waals surface area contributed by atoms with Crippen molar-refractivity contribution in [1.82, 2.24) is 10.2 Å². The molecule has 1 aliphatic rings. The molecule has 1 heterocycles. The van der Waals surface area contributed by atoms with E-state index in [1.54, 1.807) is 0 Å². The molecule has 1 rings (SSSR count). The number of nitrogens with one attached hydrogen (secondary N) is 1. The number of hydrogen-bond donors (Lipinski definition) is 1. The Morgan fingerprint density at radius 3 is 2.62 bits per heavy atom. The molecule has 2 atom stereocenters. The van der Waals surface area contributed by atoms with Crippen molar-refractivity contribution in [3.05, 3.63) is 0 Å². The normalized spacial score (nSPS) is 27.9. The first kappa shape index (κ1) is 14.0. The number of piperazine rings is 1. The van der Waals surface area contributed by atoms with Crippen molar-refractivity contribution in [2.75, 3.05) is 19.6 Å². The van der Waals surface area contributed by atoms with E-state index >= 15 is 0 Å². The van der Waals surface area contributed by atoms with E-state index in [0.717, 1.165) is 18.5 Å². The lowest BCUT2D eigenvalue weighted by molar-refractivity contribution is 0.0757. The molecule has 0 aromatic rings. The summed E-state index contributed by atoms with van der Waals surface area (Å²) in [6.07, 6.45) is 3.92. The summed E-state index contributed by atoms with van der Waals surface area (Å²) < 4.78 is 0. The van der Waals surface area contributed by atoms with Gasteiger partial charge >= 0.3 is 0 Å². The zero-order valence-corrected chi connectivity index (χ0v) is 11.8. The second kappa shape index (κ2) is 6.02. The first-order chi connectivity index (χ1) is 7.48. The lowest BCUT2D eigenvalue weighted by Gasteiger charge is -2.45. The van der Waals surface area contributed by atoms with Gasteiger partial charge in [-0.25, -0.2) is 0 Å². The van der Waals surface area contributed by atoms with Gasteiger partial charge in [0.1, 0.15) is 0 Å². The van der Waals surface area contributed by atoms with E-state index < -0.39 is 0 Å². The van der Waals surface area contributed by atoms with Gasteiger partial charge in [0.05, 0.1) is 0 Å². The zero-order chi connectivity index (χ0) is 12.2. The average molecular weight is 226 g/mol. The van der Waals surface area contributed by atoms with Crippen LogP contribution >= 0.6 is 0 Å². The maximum atomic E-state index is 3.67. The Morgan fingerprint density at radius 2 is 2.06 bits per heavy atom. The molecule has 0 bridgehead atoms. The molecule has 2 heteroatoms. The molecule has 16 heavy (non-hydrogen) atoms. The number of hydrogen-bond acceptors (Lipinski definition) is 2. The molecule has 2 unspecified atom stereocenters. The van der Waals surface area contributed by atoms with Crippen molar-refractivity contribution in [2.45, 2.75) is 65.5 Å². The molecule has 0 radical (unpaired) electrons. The van der Waals surface area contributed by atoms with Gasteiger partial charge in [-0.15, -0.1) is 0 Å². The highest BCUT2D eigenvalue weighted by Crippen LogP contribution is 2.20. The molecule has 0 spiro atoms. The van der Waals surface area contributed by atoms with Gasteiger partial charge in [-0.05, 0) is 26.2 Å². The van der Waals surface area contributed by atoms with Crippen molar-refractivity contribution >= 4 is 0 Å². The highest BCUT2D eigenvalue weighted by molar-refractivity contribution is 4.92. The Morgan fingerprint density at radius 1 is 1.38 bits per heavy atom. The monoisotopic (exact) mass is 226 g/mol. The largest absolute Gasteiger partial charge is 0.309 e. The van der Waals surface area contributed by atoms with Crippen LogP contribution in [-0.4, -0.2) is 36.1 Å². The first-order valence-corrected chi connectivity index (χ1v) is 6.97. The standard InChI is InChI=1S/C14H30N2/c1-6-8-13-9-15-14(4,5)11-16(13)10-12(3)7-2/h12-13,15H,6-11H2,1-5H3. The molecule has 1 aliphatic heterocycles. The third-order valence-electron chi connectivity index (χ3n) is 3.80. The van der Waals surface area contributed by atoms with Crippen LogP contribution in [0.3, 0.4) is 0 Å². The molecule has 1 N–H and O–H groups in total. The molecule has 0 aliphatic carbocycles. The van der Waals surface area contributed by atoms with E-state index in [1.165, 1.54) is 32.4 Å². The molecule has 1 saturated heterocycles. The molecule has 0 saturated carbocycles. The van der Waals surface area contributed by atoms with Crippen LogP contribution in [0.2, 0.25) is 0 Å². The van der Waals surface area contributed by atoms with E-state index in [-0.39, 0.29) is 5.54 Å². The lowest BCUT2D eigenvalue weighted by atomic mass is 9.95. The van der Waals surface area contributed by atoms with Crippen LogP contribution in [0, 0.1) is 5.92 Å². The fourth-order valence-electron chi connectivity index (χ4n) is 2.58. The van der Waals surface area contributed by atoms with Crippen molar-refractivity contribution in [3.63, 3.8) is 0 Å². The first-order valence-electron chi connectivity index (χ1n) is 6.97. The summed E-state index contributed by atoms with van der Waals surface area (Å²) in [7, 11) is 0.